The fourth-order valence-electron chi connectivity index (χ4n) is 2.93. The molecule has 1 aliphatic heterocycles. The van der Waals surface area contributed by atoms with Crippen LogP contribution in [0.1, 0.15) is 0 Å². The zero-order valence-electron chi connectivity index (χ0n) is 14.4. The second kappa shape index (κ2) is 8.45. The standard InChI is InChI=1S/C18H18BrFN4O3/c19-16-11-15(24(26)27)5-6-17(16)21-18(25)12-22-7-9-23(10-8-22)14-3-1-13(20)2-4-14/h1-6,11H,7-10,12H2,(H,21,25). The summed E-state index contributed by atoms with van der Waals surface area (Å²) >= 11 is 3.24. The summed E-state index contributed by atoms with van der Waals surface area (Å²) in [6.45, 7) is 3.17. The largest absolute Gasteiger partial charge is 0.369 e. The molecule has 2 aromatic carbocycles. The number of nitro groups is 1. The van der Waals surface area contributed by atoms with Crippen molar-refractivity contribution in [1.82, 2.24) is 4.90 Å². The van der Waals surface area contributed by atoms with Gasteiger partial charge in [0.1, 0.15) is 5.82 Å². The Hall–Kier alpha value is -2.52. The van der Waals surface area contributed by atoms with Gasteiger partial charge in [-0.1, -0.05) is 0 Å². The third kappa shape index (κ3) is 5.01. The van der Waals surface area contributed by atoms with Crippen molar-refractivity contribution in [2.45, 2.75) is 0 Å². The SMILES string of the molecule is O=C(CN1CCN(c2ccc(F)cc2)CC1)Nc1ccc([N+](=O)[O-])cc1Br. The van der Waals surface area contributed by atoms with Crippen molar-refractivity contribution in [1.29, 1.82) is 0 Å². The topological polar surface area (TPSA) is 78.7 Å². The molecule has 0 saturated carbocycles. The fraction of sp³-hybridized carbons (Fsp3) is 0.278. The molecule has 1 fully saturated rings. The van der Waals surface area contributed by atoms with Crippen LogP contribution in [0.15, 0.2) is 46.9 Å². The number of benzene rings is 2. The first-order chi connectivity index (χ1) is 12.9. The normalized spacial score (nSPS) is 14.8. The highest BCUT2D eigenvalue weighted by Crippen LogP contribution is 2.27. The van der Waals surface area contributed by atoms with Gasteiger partial charge < -0.3 is 10.2 Å². The van der Waals surface area contributed by atoms with Crippen LogP contribution in [0.5, 0.6) is 0 Å². The minimum atomic E-state index is -0.489. The van der Waals surface area contributed by atoms with Crippen LogP contribution in [0.3, 0.4) is 0 Å². The van der Waals surface area contributed by atoms with Crippen LogP contribution < -0.4 is 10.2 Å². The number of hydrogen-bond acceptors (Lipinski definition) is 5. The second-order valence-corrected chi connectivity index (χ2v) is 7.06. The van der Waals surface area contributed by atoms with Gasteiger partial charge in [-0.05, 0) is 46.3 Å². The van der Waals surface area contributed by atoms with Crippen LogP contribution in [0.25, 0.3) is 0 Å². The Labute approximate surface area is 164 Å². The molecule has 1 N–H and O–H groups in total. The van der Waals surface area contributed by atoms with E-state index in [4.69, 9.17) is 0 Å². The first-order valence-corrected chi connectivity index (χ1v) is 9.18. The number of nitrogens with one attached hydrogen (secondary N) is 1. The highest BCUT2D eigenvalue weighted by Gasteiger charge is 2.20. The molecule has 0 unspecified atom stereocenters. The quantitative estimate of drug-likeness (QED) is 0.574. The van der Waals surface area contributed by atoms with E-state index in [1.165, 1.54) is 30.3 Å². The Balaban J connectivity index is 1.51. The Morgan fingerprint density at radius 1 is 1.15 bits per heavy atom. The number of piperazine rings is 1. The summed E-state index contributed by atoms with van der Waals surface area (Å²) in [6, 6.07) is 10.6. The predicted molar refractivity (Wildman–Crippen MR) is 104 cm³/mol. The van der Waals surface area contributed by atoms with Crippen molar-refractivity contribution in [3.05, 3.63) is 62.9 Å². The molecule has 9 heteroatoms. The molecule has 0 aromatic heterocycles. The van der Waals surface area contributed by atoms with E-state index in [0.29, 0.717) is 23.2 Å². The van der Waals surface area contributed by atoms with Crippen LogP contribution >= 0.6 is 15.9 Å². The number of hydrogen-bond donors (Lipinski definition) is 1. The lowest BCUT2D eigenvalue weighted by atomic mass is 10.2. The van der Waals surface area contributed by atoms with Crippen LogP contribution in [-0.4, -0.2) is 48.5 Å². The van der Waals surface area contributed by atoms with Crippen LogP contribution in [0.4, 0.5) is 21.5 Å². The van der Waals surface area contributed by atoms with Crippen LogP contribution in [0, 0.1) is 15.9 Å². The van der Waals surface area contributed by atoms with E-state index in [-0.39, 0.29) is 24.0 Å². The Bertz CT molecular complexity index is 839. The predicted octanol–water partition coefficient (Wildman–Crippen LogP) is 3.26. The molecule has 2 aromatic rings. The maximum Gasteiger partial charge on any atom is 0.270 e. The number of halogens is 2. The van der Waals surface area contributed by atoms with Gasteiger partial charge in [0, 0.05) is 48.5 Å². The lowest BCUT2D eigenvalue weighted by Crippen LogP contribution is -2.48. The Morgan fingerprint density at radius 2 is 1.81 bits per heavy atom. The lowest BCUT2D eigenvalue weighted by molar-refractivity contribution is -0.384. The van der Waals surface area contributed by atoms with Crippen molar-refractivity contribution >= 4 is 38.9 Å². The molecule has 1 saturated heterocycles. The average Bonchev–Trinajstić information content (AvgIpc) is 2.64. The summed E-state index contributed by atoms with van der Waals surface area (Å²) in [7, 11) is 0. The summed E-state index contributed by atoms with van der Waals surface area (Å²) in [5, 5.41) is 13.5. The first-order valence-electron chi connectivity index (χ1n) is 8.39. The second-order valence-electron chi connectivity index (χ2n) is 6.21. The molecule has 1 heterocycles. The molecular formula is C18H18BrFN4O3. The van der Waals surface area contributed by atoms with Gasteiger partial charge in [-0.15, -0.1) is 0 Å². The van der Waals surface area contributed by atoms with Gasteiger partial charge in [0.15, 0.2) is 0 Å². The van der Waals surface area contributed by atoms with Crippen molar-refractivity contribution in [2.75, 3.05) is 42.9 Å². The molecule has 0 bridgehead atoms. The van der Waals surface area contributed by atoms with E-state index >= 15 is 0 Å². The number of nitro benzene ring substituents is 1. The number of nitrogens with zero attached hydrogens (tertiary/aromatic N) is 3. The molecule has 27 heavy (non-hydrogen) atoms. The number of rotatable bonds is 5. The van der Waals surface area contributed by atoms with Gasteiger partial charge in [-0.2, -0.15) is 0 Å². The van der Waals surface area contributed by atoms with Crippen LogP contribution in [0.2, 0.25) is 0 Å². The van der Waals surface area contributed by atoms with Gasteiger partial charge in [0.05, 0.1) is 17.2 Å². The third-order valence-corrected chi connectivity index (χ3v) is 5.02. The zero-order chi connectivity index (χ0) is 19.4. The molecule has 1 amide bonds. The molecule has 1 aliphatic rings. The Morgan fingerprint density at radius 3 is 2.41 bits per heavy atom. The molecule has 3 rings (SSSR count). The van der Waals surface area contributed by atoms with Crippen molar-refractivity contribution in [3.8, 4) is 0 Å². The Kier molecular flexibility index (Phi) is 6.02. The van der Waals surface area contributed by atoms with E-state index < -0.39 is 4.92 Å². The van der Waals surface area contributed by atoms with Crippen molar-refractivity contribution in [3.63, 3.8) is 0 Å². The van der Waals surface area contributed by atoms with Crippen LogP contribution in [-0.2, 0) is 4.79 Å². The third-order valence-electron chi connectivity index (χ3n) is 4.37. The fourth-order valence-corrected chi connectivity index (χ4v) is 3.39. The van der Waals surface area contributed by atoms with Gasteiger partial charge >= 0.3 is 0 Å². The molecule has 0 atom stereocenters. The van der Waals surface area contributed by atoms with E-state index in [0.717, 1.165) is 18.8 Å². The summed E-state index contributed by atoms with van der Waals surface area (Å²) in [5.41, 5.74) is 1.42. The molecule has 0 aliphatic carbocycles. The number of non-ortho nitro benzene ring substituents is 1. The number of anilines is 2. The highest BCUT2D eigenvalue weighted by atomic mass is 79.9. The number of carbonyl (C=O) groups is 1. The monoisotopic (exact) mass is 436 g/mol. The molecule has 142 valence electrons. The van der Waals surface area contributed by atoms with Gasteiger partial charge in [-0.25, -0.2) is 4.39 Å². The molecule has 7 nitrogen and oxygen atoms in total. The van der Waals surface area contributed by atoms with E-state index in [2.05, 4.69) is 26.1 Å². The molecular weight excluding hydrogens is 419 g/mol. The van der Waals surface area contributed by atoms with Crippen molar-refractivity contribution in [2.24, 2.45) is 0 Å². The lowest BCUT2D eigenvalue weighted by Gasteiger charge is -2.35. The minimum absolute atomic E-state index is 0.0446. The summed E-state index contributed by atoms with van der Waals surface area (Å²) in [6.07, 6.45) is 0. The van der Waals surface area contributed by atoms with Gasteiger partial charge in [-0.3, -0.25) is 19.8 Å². The van der Waals surface area contributed by atoms with E-state index in [1.54, 1.807) is 12.1 Å². The molecule has 0 spiro atoms. The highest BCUT2D eigenvalue weighted by molar-refractivity contribution is 9.10. The minimum Gasteiger partial charge on any atom is -0.369 e. The summed E-state index contributed by atoms with van der Waals surface area (Å²) in [5.74, 6) is -0.439. The zero-order valence-corrected chi connectivity index (χ0v) is 16.0. The van der Waals surface area contributed by atoms with Crippen molar-refractivity contribution < 1.29 is 14.1 Å². The molecule has 0 radical (unpaired) electrons. The maximum absolute atomic E-state index is 13.0. The first kappa shape index (κ1) is 19.2. The van der Waals surface area contributed by atoms with E-state index in [9.17, 15) is 19.3 Å². The number of carbonyl (C=O) groups excluding carboxylic acids is 1. The van der Waals surface area contributed by atoms with Gasteiger partial charge in [0.25, 0.3) is 5.69 Å². The summed E-state index contributed by atoms with van der Waals surface area (Å²) < 4.78 is 13.5. The maximum atomic E-state index is 13.0. The van der Waals surface area contributed by atoms with Gasteiger partial charge in [0.2, 0.25) is 5.91 Å². The average molecular weight is 437 g/mol. The van der Waals surface area contributed by atoms with E-state index in [1.807, 2.05) is 4.90 Å². The summed E-state index contributed by atoms with van der Waals surface area (Å²) in [4.78, 5) is 26.7. The number of amides is 1. The smallest absolute Gasteiger partial charge is 0.270 e.